The molecule has 0 saturated carbocycles. The number of nitrogens with zero attached hydrogens (tertiary/aromatic N) is 1. The second-order valence-corrected chi connectivity index (χ2v) is 6.98. The van der Waals surface area contributed by atoms with Crippen LogP contribution in [0.1, 0.15) is 39.1 Å². The molecule has 2 aromatic carbocycles. The Bertz CT molecular complexity index is 871. The van der Waals surface area contributed by atoms with Crippen molar-refractivity contribution in [3.8, 4) is 0 Å². The number of rotatable bonds is 4. The standard InChI is InChI=1S/C21H24N4O3/c1-14-5-7-15(8-6-14)20(27)25-11-9-17(10-12-25)23-19(26)16-3-2-4-18(13-16)24-21(22)28/h2-8,13,17H,9-12H2,1H3,(H,23,26)(H3,22,24,28). The quantitative estimate of drug-likeness (QED) is 0.759. The highest BCUT2D eigenvalue weighted by molar-refractivity contribution is 5.97. The number of carbonyl (C=O) groups excluding carboxylic acids is 3. The van der Waals surface area contributed by atoms with Crippen molar-refractivity contribution < 1.29 is 14.4 Å². The number of carbonyl (C=O) groups is 3. The Morgan fingerprint density at radius 2 is 1.68 bits per heavy atom. The van der Waals surface area contributed by atoms with Crippen molar-refractivity contribution in [1.82, 2.24) is 10.2 Å². The normalized spacial score (nSPS) is 14.4. The first-order valence-corrected chi connectivity index (χ1v) is 9.26. The van der Waals surface area contributed by atoms with Gasteiger partial charge in [-0.1, -0.05) is 23.8 Å². The maximum atomic E-state index is 12.6. The minimum Gasteiger partial charge on any atom is -0.351 e. The van der Waals surface area contributed by atoms with Crippen LogP contribution in [0.5, 0.6) is 0 Å². The van der Waals surface area contributed by atoms with Gasteiger partial charge in [0.2, 0.25) is 0 Å². The van der Waals surface area contributed by atoms with Gasteiger partial charge in [0, 0.05) is 35.9 Å². The lowest BCUT2D eigenvalue weighted by Crippen LogP contribution is -2.46. The fraction of sp³-hybridized carbons (Fsp3) is 0.286. The van der Waals surface area contributed by atoms with Crippen molar-refractivity contribution in [3.05, 3.63) is 65.2 Å². The molecular weight excluding hydrogens is 356 g/mol. The van der Waals surface area contributed by atoms with Crippen LogP contribution in [0.3, 0.4) is 0 Å². The second-order valence-electron chi connectivity index (χ2n) is 6.98. The molecule has 1 fully saturated rings. The maximum absolute atomic E-state index is 12.6. The molecule has 3 rings (SSSR count). The predicted octanol–water partition coefficient (Wildman–Crippen LogP) is 2.52. The van der Waals surface area contributed by atoms with Crippen molar-refractivity contribution in [2.75, 3.05) is 18.4 Å². The van der Waals surface area contributed by atoms with Gasteiger partial charge in [0.05, 0.1) is 0 Å². The van der Waals surface area contributed by atoms with E-state index in [4.69, 9.17) is 5.73 Å². The van der Waals surface area contributed by atoms with E-state index in [9.17, 15) is 14.4 Å². The van der Waals surface area contributed by atoms with Crippen LogP contribution in [0, 0.1) is 6.92 Å². The van der Waals surface area contributed by atoms with Crippen LogP contribution >= 0.6 is 0 Å². The molecule has 0 bridgehead atoms. The molecule has 0 aliphatic carbocycles. The highest BCUT2D eigenvalue weighted by Gasteiger charge is 2.25. The lowest BCUT2D eigenvalue weighted by Gasteiger charge is -2.32. The van der Waals surface area contributed by atoms with Gasteiger partial charge in [-0.05, 0) is 50.1 Å². The third kappa shape index (κ3) is 4.88. The van der Waals surface area contributed by atoms with E-state index < -0.39 is 6.03 Å². The maximum Gasteiger partial charge on any atom is 0.316 e. The molecule has 146 valence electrons. The lowest BCUT2D eigenvalue weighted by molar-refractivity contribution is 0.0698. The molecule has 7 heteroatoms. The Hall–Kier alpha value is -3.35. The van der Waals surface area contributed by atoms with Crippen molar-refractivity contribution in [3.63, 3.8) is 0 Å². The van der Waals surface area contributed by atoms with E-state index in [-0.39, 0.29) is 17.9 Å². The first-order chi connectivity index (χ1) is 13.4. The number of hydrogen-bond donors (Lipinski definition) is 3. The van der Waals surface area contributed by atoms with Crippen LogP contribution in [0.25, 0.3) is 0 Å². The smallest absolute Gasteiger partial charge is 0.316 e. The van der Waals surface area contributed by atoms with E-state index >= 15 is 0 Å². The minimum atomic E-state index is -0.678. The molecule has 4 amide bonds. The van der Waals surface area contributed by atoms with E-state index in [1.165, 1.54) is 0 Å². The number of anilines is 1. The lowest BCUT2D eigenvalue weighted by atomic mass is 10.0. The summed E-state index contributed by atoms with van der Waals surface area (Å²) >= 11 is 0. The molecular formula is C21H24N4O3. The molecule has 28 heavy (non-hydrogen) atoms. The second kappa shape index (κ2) is 8.56. The summed E-state index contributed by atoms with van der Waals surface area (Å²) in [7, 11) is 0. The van der Waals surface area contributed by atoms with Crippen LogP contribution in [0.15, 0.2) is 48.5 Å². The molecule has 1 heterocycles. The molecule has 7 nitrogen and oxygen atoms in total. The Balaban J connectivity index is 1.54. The monoisotopic (exact) mass is 380 g/mol. The van der Waals surface area contributed by atoms with Gasteiger partial charge in [0.1, 0.15) is 0 Å². The first-order valence-electron chi connectivity index (χ1n) is 9.26. The summed E-state index contributed by atoms with van der Waals surface area (Å²) in [5.41, 5.74) is 7.83. The molecule has 1 saturated heterocycles. The average molecular weight is 380 g/mol. The van der Waals surface area contributed by atoms with Gasteiger partial charge in [-0.15, -0.1) is 0 Å². The summed E-state index contributed by atoms with van der Waals surface area (Å²) in [5, 5.41) is 5.46. The minimum absolute atomic E-state index is 0.00215. The number of nitrogens with two attached hydrogens (primary N) is 1. The van der Waals surface area contributed by atoms with Crippen LogP contribution in [0.4, 0.5) is 10.5 Å². The van der Waals surface area contributed by atoms with Crippen molar-refractivity contribution in [1.29, 1.82) is 0 Å². The topological polar surface area (TPSA) is 105 Å². The molecule has 4 N–H and O–H groups in total. The van der Waals surface area contributed by atoms with Gasteiger partial charge in [-0.2, -0.15) is 0 Å². The highest BCUT2D eigenvalue weighted by atomic mass is 16.2. The van der Waals surface area contributed by atoms with E-state index in [0.717, 1.165) is 5.56 Å². The zero-order valence-electron chi connectivity index (χ0n) is 15.8. The fourth-order valence-electron chi connectivity index (χ4n) is 3.25. The van der Waals surface area contributed by atoms with Crippen LogP contribution in [-0.4, -0.2) is 41.9 Å². The van der Waals surface area contributed by atoms with Gasteiger partial charge in [0.15, 0.2) is 0 Å². The van der Waals surface area contributed by atoms with Crippen molar-refractivity contribution in [2.24, 2.45) is 5.73 Å². The molecule has 1 aliphatic heterocycles. The fourth-order valence-corrected chi connectivity index (χ4v) is 3.25. The van der Waals surface area contributed by atoms with Crippen molar-refractivity contribution >= 4 is 23.5 Å². The Morgan fingerprint density at radius 3 is 2.32 bits per heavy atom. The molecule has 1 aliphatic rings. The number of piperidine rings is 1. The molecule has 0 unspecified atom stereocenters. The largest absolute Gasteiger partial charge is 0.351 e. The molecule has 0 radical (unpaired) electrons. The van der Waals surface area contributed by atoms with Crippen molar-refractivity contribution in [2.45, 2.75) is 25.8 Å². The predicted molar refractivity (Wildman–Crippen MR) is 107 cm³/mol. The number of amides is 4. The van der Waals surface area contributed by atoms with Crippen LogP contribution < -0.4 is 16.4 Å². The van der Waals surface area contributed by atoms with Crippen LogP contribution in [-0.2, 0) is 0 Å². The van der Waals surface area contributed by atoms with Gasteiger partial charge < -0.3 is 21.3 Å². The number of likely N-dealkylation sites (tertiary alicyclic amines) is 1. The summed E-state index contributed by atoms with van der Waals surface area (Å²) in [6.45, 7) is 3.18. The molecule has 0 spiro atoms. The summed E-state index contributed by atoms with van der Waals surface area (Å²) in [6.07, 6.45) is 1.39. The van der Waals surface area contributed by atoms with Gasteiger partial charge in [-0.3, -0.25) is 9.59 Å². The number of benzene rings is 2. The average Bonchev–Trinajstić information content (AvgIpc) is 2.68. The van der Waals surface area contributed by atoms with E-state index in [2.05, 4.69) is 10.6 Å². The van der Waals surface area contributed by atoms with E-state index in [1.807, 2.05) is 36.1 Å². The summed E-state index contributed by atoms with van der Waals surface area (Å²) in [5.74, 6) is -0.188. The molecule has 0 aromatic heterocycles. The zero-order chi connectivity index (χ0) is 20.1. The number of hydrogen-bond acceptors (Lipinski definition) is 3. The number of aryl methyl sites for hydroxylation is 1. The zero-order valence-corrected chi connectivity index (χ0v) is 15.8. The number of urea groups is 1. The van der Waals surface area contributed by atoms with Gasteiger partial charge in [-0.25, -0.2) is 4.79 Å². The Kier molecular flexibility index (Phi) is 5.93. The summed E-state index contributed by atoms with van der Waals surface area (Å²) in [4.78, 5) is 37.8. The van der Waals surface area contributed by atoms with E-state index in [1.54, 1.807) is 24.3 Å². The summed E-state index contributed by atoms with van der Waals surface area (Å²) < 4.78 is 0. The number of primary amides is 1. The van der Waals surface area contributed by atoms with Gasteiger partial charge in [0.25, 0.3) is 11.8 Å². The van der Waals surface area contributed by atoms with Crippen LogP contribution in [0.2, 0.25) is 0 Å². The highest BCUT2D eigenvalue weighted by Crippen LogP contribution is 2.16. The Labute approximate surface area is 163 Å². The number of nitrogens with one attached hydrogen (secondary N) is 2. The van der Waals surface area contributed by atoms with Gasteiger partial charge >= 0.3 is 6.03 Å². The molecule has 0 atom stereocenters. The molecule has 2 aromatic rings. The first kappa shape index (κ1) is 19.4. The Morgan fingerprint density at radius 1 is 1.00 bits per heavy atom. The summed E-state index contributed by atoms with van der Waals surface area (Å²) in [6, 6.07) is 13.5. The van der Waals surface area contributed by atoms with E-state index in [0.29, 0.717) is 42.7 Å². The SMILES string of the molecule is Cc1ccc(C(=O)N2CCC(NC(=O)c3cccc(NC(N)=O)c3)CC2)cc1. The third-order valence-electron chi connectivity index (χ3n) is 4.81. The third-order valence-corrected chi connectivity index (χ3v) is 4.81.